The Morgan fingerprint density at radius 3 is 2.49 bits per heavy atom. The standard InChI is InChI=1S/C30H35F2N7O2/c1-6-37-10-12-38(13-11-37)29(40)22-9-8-21(16-26(22)41-7-2)35-30-33-17-24(32)27(36-30)20-14-23(31)28-25(15-20)39(18(3)4)19(5)34-28/h8-9,14-18H,6-7,10-13H2,1-5H3,(H,33,35,36). The van der Waals surface area contributed by atoms with Gasteiger partial charge in [-0.25, -0.2) is 23.7 Å². The predicted molar refractivity (Wildman–Crippen MR) is 155 cm³/mol. The monoisotopic (exact) mass is 563 g/mol. The van der Waals surface area contributed by atoms with E-state index in [0.717, 1.165) is 25.8 Å². The number of nitrogens with one attached hydrogen (secondary N) is 1. The van der Waals surface area contributed by atoms with Crippen LogP contribution in [-0.2, 0) is 0 Å². The van der Waals surface area contributed by atoms with E-state index < -0.39 is 11.6 Å². The average Bonchev–Trinajstić information content (AvgIpc) is 3.30. The van der Waals surface area contributed by atoms with Gasteiger partial charge in [0.1, 0.15) is 22.8 Å². The molecule has 11 heteroatoms. The van der Waals surface area contributed by atoms with E-state index in [-0.39, 0.29) is 34.7 Å². The first kappa shape index (κ1) is 28.4. The second-order valence-electron chi connectivity index (χ2n) is 10.3. The molecular formula is C30H35F2N7O2. The molecule has 0 saturated carbocycles. The van der Waals surface area contributed by atoms with Crippen LogP contribution >= 0.6 is 0 Å². The number of benzene rings is 2. The summed E-state index contributed by atoms with van der Waals surface area (Å²) in [5.74, 6) is -0.0811. The molecule has 1 saturated heterocycles. The van der Waals surface area contributed by atoms with Gasteiger partial charge in [-0.2, -0.15) is 0 Å². The Morgan fingerprint density at radius 1 is 1.05 bits per heavy atom. The van der Waals surface area contributed by atoms with Gasteiger partial charge in [0, 0.05) is 49.5 Å². The van der Waals surface area contributed by atoms with Crippen molar-refractivity contribution < 1.29 is 18.3 Å². The summed E-state index contributed by atoms with van der Waals surface area (Å²) in [5, 5.41) is 3.07. The van der Waals surface area contributed by atoms with Gasteiger partial charge >= 0.3 is 0 Å². The molecule has 0 unspecified atom stereocenters. The fourth-order valence-electron chi connectivity index (χ4n) is 5.31. The lowest BCUT2D eigenvalue weighted by Crippen LogP contribution is -2.48. The molecule has 1 aliphatic heterocycles. The lowest BCUT2D eigenvalue weighted by molar-refractivity contribution is 0.0639. The van der Waals surface area contributed by atoms with Crippen molar-refractivity contribution in [3.8, 4) is 17.0 Å². The normalized spacial score (nSPS) is 14.2. The fraction of sp³-hybridized carbons (Fsp3) is 0.400. The summed E-state index contributed by atoms with van der Waals surface area (Å²) in [6.07, 6.45) is 1.05. The number of nitrogens with zero attached hydrogens (tertiary/aromatic N) is 6. The zero-order valence-corrected chi connectivity index (χ0v) is 24.0. The minimum Gasteiger partial charge on any atom is -0.493 e. The number of ether oxygens (including phenoxy) is 1. The summed E-state index contributed by atoms with van der Waals surface area (Å²) in [6.45, 7) is 14.1. The van der Waals surface area contributed by atoms with Crippen LogP contribution in [0.5, 0.6) is 5.75 Å². The van der Waals surface area contributed by atoms with Crippen LogP contribution in [-0.4, -0.2) is 74.6 Å². The van der Waals surface area contributed by atoms with Gasteiger partial charge in [-0.15, -0.1) is 0 Å². The Morgan fingerprint density at radius 2 is 1.80 bits per heavy atom. The minimum atomic E-state index is -0.680. The maximum absolute atomic E-state index is 15.1. The Kier molecular flexibility index (Phi) is 8.16. The molecule has 1 amide bonds. The van der Waals surface area contributed by atoms with Crippen molar-refractivity contribution in [2.75, 3.05) is 44.6 Å². The second kappa shape index (κ2) is 11.8. The van der Waals surface area contributed by atoms with Gasteiger partial charge < -0.3 is 24.4 Å². The number of aromatic nitrogens is 4. The summed E-state index contributed by atoms with van der Waals surface area (Å²) >= 11 is 0. The first-order valence-electron chi connectivity index (χ1n) is 14.0. The highest BCUT2D eigenvalue weighted by atomic mass is 19.1. The molecule has 4 aromatic rings. The molecule has 1 aliphatic rings. The third kappa shape index (κ3) is 5.72. The molecule has 0 bridgehead atoms. The first-order valence-corrected chi connectivity index (χ1v) is 14.0. The third-order valence-electron chi connectivity index (χ3n) is 7.33. The molecule has 216 valence electrons. The van der Waals surface area contributed by atoms with Crippen molar-refractivity contribution in [2.24, 2.45) is 0 Å². The van der Waals surface area contributed by atoms with E-state index >= 15 is 4.39 Å². The lowest BCUT2D eigenvalue weighted by Gasteiger charge is -2.34. The molecule has 1 N–H and O–H groups in total. The molecule has 0 radical (unpaired) electrons. The number of anilines is 2. The maximum atomic E-state index is 15.1. The number of piperazine rings is 1. The van der Waals surface area contributed by atoms with Crippen molar-refractivity contribution in [1.29, 1.82) is 0 Å². The van der Waals surface area contributed by atoms with Crippen LogP contribution in [0.4, 0.5) is 20.4 Å². The highest BCUT2D eigenvalue weighted by molar-refractivity contribution is 5.97. The van der Waals surface area contributed by atoms with Gasteiger partial charge in [-0.1, -0.05) is 6.92 Å². The van der Waals surface area contributed by atoms with Crippen molar-refractivity contribution >= 4 is 28.6 Å². The van der Waals surface area contributed by atoms with Crippen LogP contribution in [0.1, 0.15) is 49.9 Å². The molecule has 2 aromatic heterocycles. The van der Waals surface area contributed by atoms with E-state index in [1.54, 1.807) is 24.3 Å². The largest absolute Gasteiger partial charge is 0.493 e. The highest BCUT2D eigenvalue weighted by Crippen LogP contribution is 2.31. The summed E-state index contributed by atoms with van der Waals surface area (Å²) in [6, 6.07) is 8.13. The smallest absolute Gasteiger partial charge is 0.257 e. The second-order valence-corrected chi connectivity index (χ2v) is 10.3. The van der Waals surface area contributed by atoms with Crippen LogP contribution in [0.2, 0.25) is 0 Å². The molecule has 3 heterocycles. The number of hydrogen-bond donors (Lipinski definition) is 1. The maximum Gasteiger partial charge on any atom is 0.257 e. The summed E-state index contributed by atoms with van der Waals surface area (Å²) in [4.78, 5) is 30.3. The van der Waals surface area contributed by atoms with Gasteiger partial charge in [-0.3, -0.25) is 4.79 Å². The molecule has 0 atom stereocenters. The van der Waals surface area contributed by atoms with E-state index in [9.17, 15) is 9.18 Å². The average molecular weight is 564 g/mol. The molecule has 0 aliphatic carbocycles. The Balaban J connectivity index is 1.43. The van der Waals surface area contributed by atoms with Crippen molar-refractivity contribution in [3.05, 3.63) is 59.6 Å². The van der Waals surface area contributed by atoms with Crippen LogP contribution in [0.15, 0.2) is 36.5 Å². The van der Waals surface area contributed by atoms with E-state index in [1.807, 2.05) is 37.2 Å². The number of halogens is 2. The topological polar surface area (TPSA) is 88.4 Å². The quantitative estimate of drug-likeness (QED) is 0.299. The number of fused-ring (bicyclic) bond motifs is 1. The molecule has 2 aromatic carbocycles. The first-order chi connectivity index (χ1) is 19.7. The van der Waals surface area contributed by atoms with Crippen LogP contribution < -0.4 is 10.1 Å². The zero-order chi connectivity index (χ0) is 29.3. The molecule has 9 nitrogen and oxygen atoms in total. The Labute approximate surface area is 238 Å². The number of carbonyl (C=O) groups is 1. The van der Waals surface area contributed by atoms with Crippen LogP contribution in [0.25, 0.3) is 22.3 Å². The lowest BCUT2D eigenvalue weighted by atomic mass is 10.1. The van der Waals surface area contributed by atoms with Gasteiger partial charge in [0.25, 0.3) is 5.91 Å². The molecule has 41 heavy (non-hydrogen) atoms. The molecular weight excluding hydrogens is 528 g/mol. The van der Waals surface area contributed by atoms with Crippen molar-refractivity contribution in [3.63, 3.8) is 0 Å². The summed E-state index contributed by atoms with van der Waals surface area (Å²) in [7, 11) is 0. The number of aryl methyl sites for hydroxylation is 1. The van der Waals surface area contributed by atoms with E-state index in [4.69, 9.17) is 4.74 Å². The van der Waals surface area contributed by atoms with Crippen LogP contribution in [0, 0.1) is 18.6 Å². The number of amides is 1. The Bertz CT molecular complexity index is 1580. The number of rotatable bonds is 8. The third-order valence-corrected chi connectivity index (χ3v) is 7.33. The zero-order valence-electron chi connectivity index (χ0n) is 24.0. The number of likely N-dealkylation sites (N-methyl/N-ethyl adjacent to an activating group) is 1. The molecule has 0 spiro atoms. The Hall–Kier alpha value is -4.12. The van der Waals surface area contributed by atoms with E-state index in [1.165, 1.54) is 6.07 Å². The van der Waals surface area contributed by atoms with E-state index in [0.29, 0.717) is 48.0 Å². The highest BCUT2D eigenvalue weighted by Gasteiger charge is 2.24. The van der Waals surface area contributed by atoms with Gasteiger partial charge in [-0.05, 0) is 58.5 Å². The minimum absolute atomic E-state index is 0.0393. The summed E-state index contributed by atoms with van der Waals surface area (Å²) in [5.41, 5.74) is 2.08. The van der Waals surface area contributed by atoms with Gasteiger partial charge in [0.05, 0.1) is 23.9 Å². The van der Waals surface area contributed by atoms with Crippen molar-refractivity contribution in [2.45, 2.75) is 40.7 Å². The van der Waals surface area contributed by atoms with Crippen molar-refractivity contribution in [1.82, 2.24) is 29.3 Å². The van der Waals surface area contributed by atoms with Gasteiger partial charge in [0.2, 0.25) is 5.95 Å². The number of carbonyl (C=O) groups excluding carboxylic acids is 1. The van der Waals surface area contributed by atoms with E-state index in [2.05, 4.69) is 32.1 Å². The van der Waals surface area contributed by atoms with Gasteiger partial charge in [0.15, 0.2) is 11.6 Å². The number of hydrogen-bond acceptors (Lipinski definition) is 7. The SMILES string of the molecule is CCOc1cc(Nc2ncc(F)c(-c3cc(F)c4nc(C)n(C(C)C)c4c3)n2)ccc1C(=O)N1CCN(CC)CC1. The summed E-state index contributed by atoms with van der Waals surface area (Å²) < 4.78 is 37.7. The predicted octanol–water partition coefficient (Wildman–Crippen LogP) is 5.58. The molecule has 1 fully saturated rings. The number of imidazole rings is 1. The fourth-order valence-corrected chi connectivity index (χ4v) is 5.31. The molecule has 5 rings (SSSR count). The van der Waals surface area contributed by atoms with Crippen LogP contribution in [0.3, 0.4) is 0 Å².